The fourth-order valence-corrected chi connectivity index (χ4v) is 4.59. The lowest BCUT2D eigenvalue weighted by molar-refractivity contribution is -0.136. The zero-order chi connectivity index (χ0) is 21.6. The van der Waals surface area contributed by atoms with Crippen LogP contribution in [0.4, 0.5) is 10.1 Å². The number of aromatic nitrogens is 2. The summed E-state index contributed by atoms with van der Waals surface area (Å²) in [6.07, 6.45) is 7.90. The molecule has 7 nitrogen and oxygen atoms in total. The van der Waals surface area contributed by atoms with E-state index in [2.05, 4.69) is 15.3 Å². The van der Waals surface area contributed by atoms with Crippen molar-refractivity contribution >= 4 is 17.5 Å². The summed E-state index contributed by atoms with van der Waals surface area (Å²) < 4.78 is 15.5. The van der Waals surface area contributed by atoms with Gasteiger partial charge in [-0.1, -0.05) is 12.1 Å². The topological polar surface area (TPSA) is 78.4 Å². The van der Waals surface area contributed by atoms with E-state index in [1.807, 2.05) is 24.3 Å². The fraction of sp³-hybridized carbons (Fsp3) is 0.391. The predicted molar refractivity (Wildman–Crippen MR) is 113 cm³/mol. The number of hydrogen-bond acceptors (Lipinski definition) is 5. The summed E-state index contributed by atoms with van der Waals surface area (Å²) in [5.74, 6) is -2.26. The van der Waals surface area contributed by atoms with Crippen molar-refractivity contribution in [3.05, 3.63) is 54.3 Å². The molecule has 160 valence electrons. The summed E-state index contributed by atoms with van der Waals surface area (Å²) >= 11 is 0. The molecule has 2 amide bonds. The van der Waals surface area contributed by atoms with Gasteiger partial charge in [-0.05, 0) is 50.3 Å². The molecule has 1 aliphatic carbocycles. The van der Waals surface area contributed by atoms with Crippen molar-refractivity contribution in [1.82, 2.24) is 19.8 Å². The van der Waals surface area contributed by atoms with Crippen LogP contribution in [0.2, 0.25) is 0 Å². The standard InChI is InChI=1S/C23H24FN5O2/c1-23(24)19-3-2-10-28(21(19)22(31)29(23)18-8-9-18)13-20(30)27-17-6-4-15(5-7-17)16-11-25-14-26-12-16/h4-7,11-12,14,18H,2-3,8-10,13H2,1H3,(H,27,30). The lowest BCUT2D eigenvalue weighted by atomic mass is 9.97. The van der Waals surface area contributed by atoms with Gasteiger partial charge in [0.2, 0.25) is 11.7 Å². The molecule has 8 heteroatoms. The summed E-state index contributed by atoms with van der Waals surface area (Å²) in [6.45, 7) is 2.07. The minimum Gasteiger partial charge on any atom is -0.358 e. The smallest absolute Gasteiger partial charge is 0.273 e. The molecule has 1 N–H and O–H groups in total. The van der Waals surface area contributed by atoms with Gasteiger partial charge in [-0.25, -0.2) is 14.4 Å². The Kier molecular flexibility index (Phi) is 4.72. The number of anilines is 1. The molecule has 1 aromatic heterocycles. The zero-order valence-corrected chi connectivity index (χ0v) is 17.3. The molecule has 0 radical (unpaired) electrons. The normalized spacial score (nSPS) is 23.2. The number of alkyl halides is 1. The van der Waals surface area contributed by atoms with E-state index in [4.69, 9.17) is 0 Å². The van der Waals surface area contributed by atoms with Crippen LogP contribution in [0.1, 0.15) is 32.6 Å². The number of halogens is 1. The van der Waals surface area contributed by atoms with Crippen molar-refractivity contribution in [3.8, 4) is 11.1 Å². The van der Waals surface area contributed by atoms with Crippen LogP contribution in [0.15, 0.2) is 54.3 Å². The van der Waals surface area contributed by atoms with E-state index in [-0.39, 0.29) is 24.4 Å². The molecule has 2 aromatic rings. The van der Waals surface area contributed by atoms with Crippen molar-refractivity contribution in [2.24, 2.45) is 0 Å². The van der Waals surface area contributed by atoms with Crippen LogP contribution >= 0.6 is 0 Å². The van der Waals surface area contributed by atoms with E-state index in [0.717, 1.165) is 30.4 Å². The Morgan fingerprint density at radius 1 is 1.19 bits per heavy atom. The van der Waals surface area contributed by atoms with E-state index in [0.29, 0.717) is 29.9 Å². The maximum Gasteiger partial charge on any atom is 0.273 e. The number of nitrogens with zero attached hydrogens (tertiary/aromatic N) is 4. The second kappa shape index (κ2) is 7.44. The molecule has 1 fully saturated rings. The molecule has 2 aliphatic heterocycles. The van der Waals surface area contributed by atoms with Crippen LogP contribution in [-0.2, 0) is 9.59 Å². The third-order valence-corrected chi connectivity index (χ3v) is 6.19. The van der Waals surface area contributed by atoms with E-state index >= 15 is 4.39 Å². The first kappa shape index (κ1) is 19.7. The second-order valence-corrected chi connectivity index (χ2v) is 8.46. The maximum atomic E-state index is 15.5. The van der Waals surface area contributed by atoms with Gasteiger partial charge in [0.15, 0.2) is 0 Å². The number of benzene rings is 1. The van der Waals surface area contributed by atoms with Gasteiger partial charge in [0.05, 0.1) is 6.54 Å². The monoisotopic (exact) mass is 421 g/mol. The highest BCUT2D eigenvalue weighted by molar-refractivity contribution is 6.00. The molecule has 0 bridgehead atoms. The average Bonchev–Trinajstić information content (AvgIpc) is 3.56. The Hall–Kier alpha value is -3.29. The quantitative estimate of drug-likeness (QED) is 0.751. The molecule has 0 saturated heterocycles. The van der Waals surface area contributed by atoms with E-state index in [1.54, 1.807) is 17.3 Å². The Morgan fingerprint density at radius 2 is 1.90 bits per heavy atom. The molecule has 5 rings (SSSR count). The molecular weight excluding hydrogens is 397 g/mol. The SMILES string of the molecule is CC1(F)C2=C(C(=O)N1C1CC1)N(CC(=O)Nc1ccc(-c3cncnc3)cc1)CCC2. The van der Waals surface area contributed by atoms with Gasteiger partial charge in [-0.3, -0.25) is 14.5 Å². The Bertz CT molecular complexity index is 1050. The number of hydrogen-bond donors (Lipinski definition) is 1. The lowest BCUT2D eigenvalue weighted by Crippen LogP contribution is -2.44. The van der Waals surface area contributed by atoms with Crippen LogP contribution in [-0.4, -0.2) is 56.5 Å². The van der Waals surface area contributed by atoms with Crippen LogP contribution in [0.5, 0.6) is 0 Å². The third kappa shape index (κ3) is 3.56. The van der Waals surface area contributed by atoms with Crippen molar-refractivity contribution in [2.45, 2.75) is 44.4 Å². The molecule has 1 saturated carbocycles. The minimum absolute atomic E-state index is 0.0164. The summed E-state index contributed by atoms with van der Waals surface area (Å²) in [6, 6.07) is 7.39. The van der Waals surface area contributed by atoms with Crippen molar-refractivity contribution in [2.75, 3.05) is 18.4 Å². The van der Waals surface area contributed by atoms with Crippen LogP contribution in [0.3, 0.4) is 0 Å². The summed E-state index contributed by atoms with van der Waals surface area (Å²) in [5.41, 5.74) is 3.41. The summed E-state index contributed by atoms with van der Waals surface area (Å²) in [4.78, 5) is 36.9. The zero-order valence-electron chi connectivity index (χ0n) is 17.3. The van der Waals surface area contributed by atoms with Gasteiger partial charge in [-0.15, -0.1) is 0 Å². The van der Waals surface area contributed by atoms with Gasteiger partial charge in [0.25, 0.3) is 5.91 Å². The van der Waals surface area contributed by atoms with Gasteiger partial charge < -0.3 is 10.2 Å². The molecular formula is C23H24FN5O2. The largest absolute Gasteiger partial charge is 0.358 e. The van der Waals surface area contributed by atoms with Crippen molar-refractivity contribution in [3.63, 3.8) is 0 Å². The van der Waals surface area contributed by atoms with Crippen molar-refractivity contribution < 1.29 is 14.0 Å². The molecule has 1 atom stereocenters. The molecule has 0 spiro atoms. The number of carbonyl (C=O) groups is 2. The van der Waals surface area contributed by atoms with Crippen LogP contribution in [0, 0.1) is 0 Å². The number of carbonyl (C=O) groups excluding carboxylic acids is 2. The number of nitrogens with one attached hydrogen (secondary N) is 1. The fourth-order valence-electron chi connectivity index (χ4n) is 4.59. The Morgan fingerprint density at radius 3 is 2.58 bits per heavy atom. The summed E-state index contributed by atoms with van der Waals surface area (Å²) in [5, 5.41) is 2.88. The molecule has 3 aliphatic rings. The van der Waals surface area contributed by atoms with Gasteiger partial charge in [-0.2, -0.15) is 0 Å². The molecule has 31 heavy (non-hydrogen) atoms. The first-order chi connectivity index (χ1) is 14.9. The summed E-state index contributed by atoms with van der Waals surface area (Å²) in [7, 11) is 0. The van der Waals surface area contributed by atoms with E-state index in [1.165, 1.54) is 18.2 Å². The van der Waals surface area contributed by atoms with Gasteiger partial charge in [0.1, 0.15) is 12.0 Å². The van der Waals surface area contributed by atoms with E-state index < -0.39 is 5.79 Å². The highest BCUT2D eigenvalue weighted by Crippen LogP contribution is 2.47. The van der Waals surface area contributed by atoms with Gasteiger partial charge >= 0.3 is 0 Å². The molecule has 1 unspecified atom stereocenters. The van der Waals surface area contributed by atoms with Gasteiger partial charge in [0, 0.05) is 41.8 Å². The maximum absolute atomic E-state index is 15.5. The molecule has 3 heterocycles. The lowest BCUT2D eigenvalue weighted by Gasteiger charge is -2.31. The highest BCUT2D eigenvalue weighted by Gasteiger charge is 2.55. The first-order valence-electron chi connectivity index (χ1n) is 10.6. The second-order valence-electron chi connectivity index (χ2n) is 8.46. The number of amides is 2. The number of rotatable bonds is 5. The van der Waals surface area contributed by atoms with Crippen LogP contribution in [0.25, 0.3) is 11.1 Å². The third-order valence-electron chi connectivity index (χ3n) is 6.19. The van der Waals surface area contributed by atoms with Crippen molar-refractivity contribution in [1.29, 1.82) is 0 Å². The Balaban J connectivity index is 1.28. The van der Waals surface area contributed by atoms with Crippen LogP contribution < -0.4 is 5.32 Å². The predicted octanol–water partition coefficient (Wildman–Crippen LogP) is 3.12. The highest BCUT2D eigenvalue weighted by atomic mass is 19.1. The van der Waals surface area contributed by atoms with E-state index in [9.17, 15) is 9.59 Å². The first-order valence-corrected chi connectivity index (χ1v) is 10.6. The average molecular weight is 421 g/mol. The Labute approximate surface area is 180 Å². The minimum atomic E-state index is -1.75. The molecule has 1 aromatic carbocycles.